The van der Waals surface area contributed by atoms with E-state index in [1.807, 2.05) is 6.07 Å². The number of carbonyl (C=O) groups excluding carboxylic acids is 1. The van der Waals surface area contributed by atoms with Gasteiger partial charge in [0, 0.05) is 11.8 Å². The van der Waals surface area contributed by atoms with Crippen LogP contribution in [-0.2, 0) is 9.53 Å². The van der Waals surface area contributed by atoms with Crippen LogP contribution in [-0.4, -0.2) is 33.6 Å². The topological polar surface area (TPSA) is 75.9 Å². The number of anilines is 1. The zero-order valence-electron chi connectivity index (χ0n) is 13.0. The Bertz CT molecular complexity index is 892. The maximum atomic E-state index is 11.7. The number of imidazole rings is 1. The molecule has 3 rings (SSSR count). The Morgan fingerprint density at radius 1 is 1.38 bits per heavy atom. The Hall–Kier alpha value is -2.73. The molecule has 0 unspecified atom stereocenters. The molecule has 2 aromatic heterocycles. The van der Waals surface area contributed by atoms with Crippen molar-refractivity contribution in [2.75, 3.05) is 18.5 Å². The number of hydrogen-bond donors (Lipinski definition) is 2. The number of carbonyl (C=O) groups is 1. The smallest absolute Gasteiger partial charge is 0.325 e. The number of benzene rings is 1. The monoisotopic (exact) mass is 345 g/mol. The minimum absolute atomic E-state index is 0.0000373. The summed E-state index contributed by atoms with van der Waals surface area (Å²) in [5, 5.41) is 13.3. The summed E-state index contributed by atoms with van der Waals surface area (Å²) in [6.07, 6.45) is 1.71. The van der Waals surface area contributed by atoms with E-state index in [2.05, 4.69) is 10.3 Å². The van der Waals surface area contributed by atoms with Gasteiger partial charge in [-0.3, -0.25) is 9.20 Å². The number of nitrogens with zero attached hydrogens (tertiary/aromatic N) is 2. The van der Waals surface area contributed by atoms with Crippen LogP contribution >= 0.6 is 11.6 Å². The number of rotatable bonds is 5. The van der Waals surface area contributed by atoms with Crippen LogP contribution in [0, 0.1) is 0 Å². The van der Waals surface area contributed by atoms with Crippen LogP contribution in [0.25, 0.3) is 16.9 Å². The van der Waals surface area contributed by atoms with E-state index in [1.54, 1.807) is 47.9 Å². The first kappa shape index (κ1) is 16.1. The van der Waals surface area contributed by atoms with Crippen molar-refractivity contribution in [2.24, 2.45) is 0 Å². The third-order valence-corrected chi connectivity index (χ3v) is 3.63. The van der Waals surface area contributed by atoms with E-state index in [0.29, 0.717) is 28.8 Å². The first-order valence-corrected chi connectivity index (χ1v) is 7.83. The van der Waals surface area contributed by atoms with Crippen LogP contribution in [0.2, 0.25) is 5.02 Å². The summed E-state index contributed by atoms with van der Waals surface area (Å²) in [6, 6.07) is 10.3. The molecule has 0 saturated carbocycles. The van der Waals surface area contributed by atoms with Crippen molar-refractivity contribution < 1.29 is 14.6 Å². The lowest BCUT2D eigenvalue weighted by molar-refractivity contribution is -0.140. The predicted octanol–water partition coefficient (Wildman–Crippen LogP) is 3.34. The third kappa shape index (κ3) is 3.28. The highest BCUT2D eigenvalue weighted by Crippen LogP contribution is 2.31. The second-order valence-corrected chi connectivity index (χ2v) is 5.53. The maximum absolute atomic E-state index is 11.7. The molecule has 0 bridgehead atoms. The number of phenols is 1. The molecule has 0 radical (unpaired) electrons. The number of ether oxygens (including phenoxy) is 1. The summed E-state index contributed by atoms with van der Waals surface area (Å²) in [5.41, 5.74) is 2.00. The Balaban J connectivity index is 2.07. The number of aromatic hydroxyl groups is 1. The summed E-state index contributed by atoms with van der Waals surface area (Å²) in [6.45, 7) is 2.07. The Kier molecular flexibility index (Phi) is 4.57. The lowest BCUT2D eigenvalue weighted by Gasteiger charge is -2.09. The van der Waals surface area contributed by atoms with E-state index in [9.17, 15) is 9.90 Å². The number of phenolic OH excluding ortho intramolecular Hbond substituents is 1. The molecular formula is C17H16ClN3O3. The van der Waals surface area contributed by atoms with Crippen molar-refractivity contribution >= 4 is 29.0 Å². The molecule has 0 aliphatic rings. The van der Waals surface area contributed by atoms with Crippen molar-refractivity contribution in [3.63, 3.8) is 0 Å². The zero-order chi connectivity index (χ0) is 17.1. The van der Waals surface area contributed by atoms with Crippen LogP contribution in [0.3, 0.4) is 0 Å². The molecule has 1 aromatic carbocycles. The van der Waals surface area contributed by atoms with Crippen molar-refractivity contribution in [1.29, 1.82) is 0 Å². The van der Waals surface area contributed by atoms with Crippen molar-refractivity contribution in [1.82, 2.24) is 9.38 Å². The molecule has 2 heterocycles. The van der Waals surface area contributed by atoms with E-state index in [1.165, 1.54) is 0 Å². The first-order chi connectivity index (χ1) is 11.6. The number of aromatic nitrogens is 2. The lowest BCUT2D eigenvalue weighted by Crippen LogP contribution is -2.17. The quantitative estimate of drug-likeness (QED) is 0.694. The highest BCUT2D eigenvalue weighted by atomic mass is 35.5. The van der Waals surface area contributed by atoms with Crippen LogP contribution in [0.1, 0.15) is 6.92 Å². The molecule has 3 aromatic rings. The molecule has 2 N–H and O–H groups in total. The fourth-order valence-corrected chi connectivity index (χ4v) is 2.57. The van der Waals surface area contributed by atoms with Crippen molar-refractivity contribution in [3.05, 3.63) is 47.6 Å². The molecule has 0 atom stereocenters. The number of esters is 1. The molecule has 124 valence electrons. The maximum Gasteiger partial charge on any atom is 0.325 e. The van der Waals surface area contributed by atoms with E-state index >= 15 is 0 Å². The van der Waals surface area contributed by atoms with E-state index in [0.717, 1.165) is 5.56 Å². The standard InChI is InChI=1S/C17H16ClN3O3/c1-2-24-15(23)9-19-17-16(11-4-3-5-13(22)8-11)20-14-7-6-12(18)10-21(14)17/h3-8,10,19,22H,2,9H2,1H3. The lowest BCUT2D eigenvalue weighted by atomic mass is 10.1. The average Bonchev–Trinajstić information content (AvgIpc) is 2.91. The van der Waals surface area contributed by atoms with Gasteiger partial charge in [-0.1, -0.05) is 23.7 Å². The number of pyridine rings is 1. The number of fused-ring (bicyclic) bond motifs is 1. The van der Waals surface area contributed by atoms with Crippen LogP contribution in [0.5, 0.6) is 5.75 Å². The van der Waals surface area contributed by atoms with Crippen LogP contribution < -0.4 is 5.32 Å². The molecule has 0 aliphatic carbocycles. The molecule has 24 heavy (non-hydrogen) atoms. The molecule has 6 nitrogen and oxygen atoms in total. The highest BCUT2D eigenvalue weighted by Gasteiger charge is 2.16. The summed E-state index contributed by atoms with van der Waals surface area (Å²) in [4.78, 5) is 16.2. The first-order valence-electron chi connectivity index (χ1n) is 7.45. The number of halogens is 1. The predicted molar refractivity (Wildman–Crippen MR) is 92.4 cm³/mol. The van der Waals surface area contributed by atoms with Crippen molar-refractivity contribution in [3.8, 4) is 17.0 Å². The van der Waals surface area contributed by atoms with Gasteiger partial charge < -0.3 is 15.2 Å². The Morgan fingerprint density at radius 3 is 2.96 bits per heavy atom. The van der Waals surface area contributed by atoms with Gasteiger partial charge in [-0.25, -0.2) is 4.98 Å². The molecule has 0 saturated heterocycles. The van der Waals surface area contributed by atoms with Gasteiger partial charge in [-0.2, -0.15) is 0 Å². The molecule has 0 fully saturated rings. The molecule has 0 spiro atoms. The van der Waals surface area contributed by atoms with Gasteiger partial charge >= 0.3 is 5.97 Å². The van der Waals surface area contributed by atoms with Gasteiger partial charge in [0.2, 0.25) is 0 Å². The second-order valence-electron chi connectivity index (χ2n) is 5.09. The van der Waals surface area contributed by atoms with Gasteiger partial charge in [0.25, 0.3) is 0 Å². The Labute approximate surface area is 143 Å². The summed E-state index contributed by atoms with van der Waals surface area (Å²) in [7, 11) is 0. The SMILES string of the molecule is CCOC(=O)CNc1c(-c2cccc(O)c2)nc2ccc(Cl)cn12. The minimum Gasteiger partial charge on any atom is -0.508 e. The minimum atomic E-state index is -0.365. The van der Waals surface area contributed by atoms with E-state index < -0.39 is 0 Å². The number of hydrogen-bond acceptors (Lipinski definition) is 5. The molecular weight excluding hydrogens is 330 g/mol. The van der Waals surface area contributed by atoms with E-state index in [-0.39, 0.29) is 18.3 Å². The molecule has 0 aliphatic heterocycles. The largest absolute Gasteiger partial charge is 0.508 e. The van der Waals surface area contributed by atoms with Gasteiger partial charge in [-0.15, -0.1) is 0 Å². The highest BCUT2D eigenvalue weighted by molar-refractivity contribution is 6.30. The van der Waals surface area contributed by atoms with Crippen LogP contribution in [0.4, 0.5) is 5.82 Å². The fourth-order valence-electron chi connectivity index (χ4n) is 2.41. The zero-order valence-corrected chi connectivity index (χ0v) is 13.7. The fraction of sp³-hybridized carbons (Fsp3) is 0.176. The normalized spacial score (nSPS) is 10.8. The van der Waals surface area contributed by atoms with Gasteiger partial charge in [0.15, 0.2) is 0 Å². The second kappa shape index (κ2) is 6.80. The van der Waals surface area contributed by atoms with Crippen molar-refractivity contribution in [2.45, 2.75) is 6.92 Å². The summed E-state index contributed by atoms with van der Waals surface area (Å²) >= 11 is 6.08. The Morgan fingerprint density at radius 2 is 2.21 bits per heavy atom. The third-order valence-electron chi connectivity index (χ3n) is 3.41. The van der Waals surface area contributed by atoms with Gasteiger partial charge in [-0.05, 0) is 31.2 Å². The average molecular weight is 346 g/mol. The molecule has 7 heteroatoms. The summed E-state index contributed by atoms with van der Waals surface area (Å²) < 4.78 is 6.71. The van der Waals surface area contributed by atoms with E-state index in [4.69, 9.17) is 16.3 Å². The number of nitrogens with one attached hydrogen (secondary N) is 1. The van der Waals surface area contributed by atoms with Gasteiger partial charge in [0.1, 0.15) is 29.5 Å². The summed E-state index contributed by atoms with van der Waals surface area (Å²) in [5.74, 6) is 0.376. The molecule has 0 amide bonds. The van der Waals surface area contributed by atoms with Gasteiger partial charge in [0.05, 0.1) is 11.6 Å². The van der Waals surface area contributed by atoms with Crippen LogP contribution in [0.15, 0.2) is 42.6 Å².